The van der Waals surface area contributed by atoms with Gasteiger partial charge in [0.15, 0.2) is 0 Å². The molecular formula is C12H21N3O. The van der Waals surface area contributed by atoms with E-state index in [0.29, 0.717) is 0 Å². The minimum atomic E-state index is 0.731. The van der Waals surface area contributed by atoms with Crippen molar-refractivity contribution in [2.45, 2.75) is 27.7 Å². The minimum absolute atomic E-state index is 0.731. The summed E-state index contributed by atoms with van der Waals surface area (Å²) in [6, 6.07) is 0. The van der Waals surface area contributed by atoms with Crippen molar-refractivity contribution in [3.63, 3.8) is 0 Å². The third-order valence-corrected chi connectivity index (χ3v) is 2.61. The molecule has 0 spiro atoms. The van der Waals surface area contributed by atoms with Gasteiger partial charge < -0.3 is 9.64 Å². The molecule has 0 aliphatic rings. The predicted molar refractivity (Wildman–Crippen MR) is 66.0 cm³/mol. The van der Waals surface area contributed by atoms with Gasteiger partial charge in [-0.1, -0.05) is 0 Å². The Bertz CT molecular complexity index is 352. The lowest BCUT2D eigenvalue weighted by atomic mass is 10.2. The average molecular weight is 223 g/mol. The molecule has 1 aromatic heterocycles. The molecule has 0 N–H and O–H groups in total. The molecule has 0 aliphatic carbocycles. The maximum atomic E-state index is 5.34. The van der Waals surface area contributed by atoms with Gasteiger partial charge in [-0.25, -0.2) is 9.97 Å². The molecule has 0 saturated heterocycles. The lowest BCUT2D eigenvalue weighted by Gasteiger charge is -2.21. The highest BCUT2D eigenvalue weighted by atomic mass is 16.5. The second-order valence-corrected chi connectivity index (χ2v) is 3.92. The predicted octanol–water partition coefficient (Wildman–Crippen LogP) is 1.87. The fourth-order valence-corrected chi connectivity index (χ4v) is 1.57. The first-order valence-corrected chi connectivity index (χ1v) is 5.67. The van der Waals surface area contributed by atoms with E-state index in [1.54, 1.807) is 0 Å². The van der Waals surface area contributed by atoms with E-state index in [4.69, 9.17) is 4.74 Å². The Morgan fingerprint density at radius 1 is 1.19 bits per heavy atom. The summed E-state index contributed by atoms with van der Waals surface area (Å²) in [4.78, 5) is 10.9. The quantitative estimate of drug-likeness (QED) is 0.714. The van der Waals surface area contributed by atoms with E-state index in [-0.39, 0.29) is 0 Å². The number of aromatic nitrogens is 2. The van der Waals surface area contributed by atoms with Crippen LogP contribution < -0.4 is 4.90 Å². The van der Waals surface area contributed by atoms with Crippen molar-refractivity contribution in [1.82, 2.24) is 9.97 Å². The van der Waals surface area contributed by atoms with Crippen LogP contribution >= 0.6 is 0 Å². The van der Waals surface area contributed by atoms with Crippen LogP contribution in [0.5, 0.6) is 0 Å². The molecule has 0 amide bonds. The normalized spacial score (nSPS) is 10.6. The number of ether oxygens (including phenoxy) is 1. The van der Waals surface area contributed by atoms with E-state index in [1.807, 2.05) is 27.8 Å². The van der Waals surface area contributed by atoms with Gasteiger partial charge in [-0.2, -0.15) is 0 Å². The molecule has 1 aromatic rings. The van der Waals surface area contributed by atoms with Crippen LogP contribution in [0.4, 0.5) is 5.82 Å². The standard InChI is InChI=1S/C12H21N3O/c1-6-16-8-7-15(5)12-9(2)10(3)13-11(4)14-12/h6-8H2,1-5H3. The van der Waals surface area contributed by atoms with Gasteiger partial charge in [0.25, 0.3) is 0 Å². The van der Waals surface area contributed by atoms with Crippen molar-refractivity contribution in [2.24, 2.45) is 0 Å². The highest BCUT2D eigenvalue weighted by molar-refractivity contribution is 5.47. The average Bonchev–Trinajstić information content (AvgIpc) is 2.23. The topological polar surface area (TPSA) is 38.2 Å². The van der Waals surface area contributed by atoms with Crippen LogP contribution in [0.15, 0.2) is 0 Å². The van der Waals surface area contributed by atoms with Gasteiger partial charge in [-0.3, -0.25) is 0 Å². The van der Waals surface area contributed by atoms with Gasteiger partial charge in [0, 0.05) is 31.5 Å². The van der Waals surface area contributed by atoms with Gasteiger partial charge >= 0.3 is 0 Å². The van der Waals surface area contributed by atoms with E-state index < -0.39 is 0 Å². The molecule has 0 atom stereocenters. The second kappa shape index (κ2) is 5.80. The van der Waals surface area contributed by atoms with Crippen LogP contribution in [-0.2, 0) is 4.74 Å². The highest BCUT2D eigenvalue weighted by Crippen LogP contribution is 2.17. The maximum Gasteiger partial charge on any atom is 0.135 e. The van der Waals surface area contributed by atoms with Crippen molar-refractivity contribution in [1.29, 1.82) is 0 Å². The molecular weight excluding hydrogens is 202 g/mol. The van der Waals surface area contributed by atoms with Crippen molar-refractivity contribution >= 4 is 5.82 Å². The Labute approximate surface area is 97.7 Å². The molecule has 1 rings (SSSR count). The smallest absolute Gasteiger partial charge is 0.135 e. The summed E-state index contributed by atoms with van der Waals surface area (Å²) in [5.41, 5.74) is 2.19. The van der Waals surface area contributed by atoms with Crippen LogP contribution in [0.2, 0.25) is 0 Å². The summed E-state index contributed by atoms with van der Waals surface area (Å²) >= 11 is 0. The van der Waals surface area contributed by atoms with Crippen molar-refractivity contribution in [3.8, 4) is 0 Å². The zero-order valence-electron chi connectivity index (χ0n) is 10.9. The summed E-state index contributed by atoms with van der Waals surface area (Å²) in [7, 11) is 2.03. The number of anilines is 1. The third kappa shape index (κ3) is 3.17. The fourth-order valence-electron chi connectivity index (χ4n) is 1.57. The first kappa shape index (κ1) is 12.9. The van der Waals surface area contributed by atoms with Gasteiger partial charge in [0.2, 0.25) is 0 Å². The molecule has 0 bridgehead atoms. The highest BCUT2D eigenvalue weighted by Gasteiger charge is 2.09. The van der Waals surface area contributed by atoms with Crippen molar-refractivity contribution in [2.75, 3.05) is 31.7 Å². The maximum absolute atomic E-state index is 5.34. The summed E-state index contributed by atoms with van der Waals surface area (Å²) < 4.78 is 5.34. The van der Waals surface area contributed by atoms with Gasteiger partial charge in [0.05, 0.1) is 6.61 Å². The Balaban J connectivity index is 2.78. The number of hydrogen-bond acceptors (Lipinski definition) is 4. The van der Waals surface area contributed by atoms with Crippen LogP contribution in [0, 0.1) is 20.8 Å². The van der Waals surface area contributed by atoms with Crippen LogP contribution in [0.3, 0.4) is 0 Å². The largest absolute Gasteiger partial charge is 0.380 e. The van der Waals surface area contributed by atoms with E-state index >= 15 is 0 Å². The summed E-state index contributed by atoms with van der Waals surface area (Å²) in [5.74, 6) is 1.83. The lowest BCUT2D eigenvalue weighted by Crippen LogP contribution is -2.25. The number of likely N-dealkylation sites (N-methyl/N-ethyl adjacent to an activating group) is 1. The molecule has 4 heteroatoms. The second-order valence-electron chi connectivity index (χ2n) is 3.92. The van der Waals surface area contributed by atoms with Gasteiger partial charge in [-0.05, 0) is 27.7 Å². The van der Waals surface area contributed by atoms with Crippen molar-refractivity contribution in [3.05, 3.63) is 17.1 Å². The Morgan fingerprint density at radius 2 is 1.88 bits per heavy atom. The Hall–Kier alpha value is -1.16. The minimum Gasteiger partial charge on any atom is -0.380 e. The summed E-state index contributed by atoms with van der Waals surface area (Å²) in [6.07, 6.45) is 0. The third-order valence-electron chi connectivity index (χ3n) is 2.61. The van der Waals surface area contributed by atoms with Gasteiger partial charge in [0.1, 0.15) is 11.6 Å². The fraction of sp³-hybridized carbons (Fsp3) is 0.667. The zero-order valence-corrected chi connectivity index (χ0v) is 10.9. The molecule has 90 valence electrons. The van der Waals surface area contributed by atoms with E-state index in [0.717, 1.165) is 42.7 Å². The monoisotopic (exact) mass is 223 g/mol. The SMILES string of the molecule is CCOCCN(C)c1nc(C)nc(C)c1C. The first-order valence-electron chi connectivity index (χ1n) is 5.67. The van der Waals surface area contributed by atoms with Crippen molar-refractivity contribution < 1.29 is 4.74 Å². The Kier molecular flexibility index (Phi) is 4.68. The Morgan fingerprint density at radius 3 is 2.50 bits per heavy atom. The first-order chi connectivity index (χ1) is 7.56. The number of rotatable bonds is 5. The number of hydrogen-bond donors (Lipinski definition) is 0. The van der Waals surface area contributed by atoms with Crippen LogP contribution in [0.25, 0.3) is 0 Å². The lowest BCUT2D eigenvalue weighted by molar-refractivity contribution is 0.154. The number of aryl methyl sites for hydroxylation is 2. The van der Waals surface area contributed by atoms with E-state index in [9.17, 15) is 0 Å². The van der Waals surface area contributed by atoms with E-state index in [1.165, 1.54) is 0 Å². The number of nitrogens with zero attached hydrogens (tertiary/aromatic N) is 3. The summed E-state index contributed by atoms with van der Waals surface area (Å²) in [6.45, 7) is 10.3. The molecule has 0 aromatic carbocycles. The molecule has 0 unspecified atom stereocenters. The molecule has 0 radical (unpaired) electrons. The van der Waals surface area contributed by atoms with Crippen LogP contribution in [-0.4, -0.2) is 36.8 Å². The molecule has 0 aliphatic heterocycles. The molecule has 1 heterocycles. The van der Waals surface area contributed by atoms with E-state index in [2.05, 4.69) is 21.8 Å². The molecule has 16 heavy (non-hydrogen) atoms. The zero-order chi connectivity index (χ0) is 12.1. The molecule has 0 fully saturated rings. The molecule has 4 nitrogen and oxygen atoms in total. The van der Waals surface area contributed by atoms with Gasteiger partial charge in [-0.15, -0.1) is 0 Å². The molecule has 0 saturated carbocycles. The summed E-state index contributed by atoms with van der Waals surface area (Å²) in [5, 5.41) is 0. The van der Waals surface area contributed by atoms with Crippen LogP contribution in [0.1, 0.15) is 24.0 Å².